The lowest BCUT2D eigenvalue weighted by atomic mass is 9.95. The molecule has 0 radical (unpaired) electrons. The Morgan fingerprint density at radius 1 is 1.20 bits per heavy atom. The van der Waals surface area contributed by atoms with Gasteiger partial charge in [-0.2, -0.15) is 4.31 Å². The average molecular weight is 369 g/mol. The molecule has 1 aromatic carbocycles. The fourth-order valence-electron chi connectivity index (χ4n) is 3.54. The van der Waals surface area contributed by atoms with Gasteiger partial charge in [0, 0.05) is 44.7 Å². The van der Waals surface area contributed by atoms with E-state index in [0.717, 1.165) is 19.2 Å². The maximum absolute atomic E-state index is 13.9. The minimum atomic E-state index is -3.85. The van der Waals surface area contributed by atoms with Gasteiger partial charge in [-0.15, -0.1) is 0 Å². The molecule has 1 amide bonds. The largest absolute Gasteiger partial charge is 0.337 e. The van der Waals surface area contributed by atoms with E-state index in [0.29, 0.717) is 19.4 Å². The third-order valence-corrected chi connectivity index (χ3v) is 6.97. The van der Waals surface area contributed by atoms with Crippen molar-refractivity contribution in [2.45, 2.75) is 30.7 Å². The first kappa shape index (κ1) is 18.3. The zero-order valence-corrected chi connectivity index (χ0v) is 15.1. The molecule has 1 aromatic rings. The van der Waals surface area contributed by atoms with Gasteiger partial charge in [0.2, 0.25) is 15.9 Å². The van der Waals surface area contributed by atoms with Gasteiger partial charge in [0.1, 0.15) is 10.7 Å². The summed E-state index contributed by atoms with van der Waals surface area (Å²) in [6.07, 6.45) is 0.951. The molecule has 2 aliphatic heterocycles. The highest BCUT2D eigenvalue weighted by Crippen LogP contribution is 2.27. The highest BCUT2D eigenvalue weighted by atomic mass is 32.2. The molecule has 0 spiro atoms. The van der Waals surface area contributed by atoms with Gasteiger partial charge in [-0.05, 0) is 31.9 Å². The molecule has 25 heavy (non-hydrogen) atoms. The van der Waals surface area contributed by atoms with Crippen molar-refractivity contribution in [3.63, 3.8) is 0 Å². The van der Waals surface area contributed by atoms with Crippen LogP contribution in [-0.2, 0) is 14.8 Å². The molecule has 3 rings (SSSR count). The molecule has 2 heterocycles. The van der Waals surface area contributed by atoms with Crippen molar-refractivity contribution in [1.82, 2.24) is 14.5 Å². The second-order valence-corrected chi connectivity index (χ2v) is 8.60. The Labute approximate surface area is 148 Å². The van der Waals surface area contributed by atoms with Crippen molar-refractivity contribution in [3.05, 3.63) is 30.1 Å². The van der Waals surface area contributed by atoms with Gasteiger partial charge >= 0.3 is 0 Å². The molecule has 0 aromatic heterocycles. The molecule has 2 aliphatic rings. The number of nitrogens with zero attached hydrogens (tertiary/aromatic N) is 2. The smallest absolute Gasteiger partial charge is 0.245 e. The first-order valence-electron chi connectivity index (χ1n) is 8.67. The molecule has 0 unspecified atom stereocenters. The van der Waals surface area contributed by atoms with Gasteiger partial charge in [0.15, 0.2) is 0 Å². The Kier molecular flexibility index (Phi) is 5.41. The van der Waals surface area contributed by atoms with Gasteiger partial charge in [-0.1, -0.05) is 12.1 Å². The van der Waals surface area contributed by atoms with Crippen molar-refractivity contribution in [2.24, 2.45) is 5.92 Å². The summed E-state index contributed by atoms with van der Waals surface area (Å²) < 4.78 is 40.4. The summed E-state index contributed by atoms with van der Waals surface area (Å²) >= 11 is 0. The Balaban J connectivity index is 1.65. The summed E-state index contributed by atoms with van der Waals surface area (Å²) in [5.41, 5.74) is 0. The van der Waals surface area contributed by atoms with Crippen LogP contribution in [0.3, 0.4) is 0 Å². The van der Waals surface area contributed by atoms with Crippen LogP contribution in [0.25, 0.3) is 0 Å². The lowest BCUT2D eigenvalue weighted by Crippen LogP contribution is -2.55. The average Bonchev–Trinajstić information content (AvgIpc) is 2.62. The van der Waals surface area contributed by atoms with E-state index in [-0.39, 0.29) is 35.9 Å². The molecule has 1 atom stereocenters. The van der Waals surface area contributed by atoms with E-state index in [2.05, 4.69) is 5.32 Å². The number of hydrogen-bond donors (Lipinski definition) is 1. The highest BCUT2D eigenvalue weighted by Gasteiger charge is 2.36. The number of benzene rings is 1. The normalized spacial score (nSPS) is 23.6. The standard InChI is InChI=1S/C17H24FN3O3S/c1-13-12-19-8-11-21(13)17(22)14-6-9-20(10-7-14)25(23,24)16-5-3-2-4-15(16)18/h2-5,13-14,19H,6-12H2,1H3/t13-/m1/s1. The fourth-order valence-corrected chi connectivity index (χ4v) is 5.07. The number of carbonyl (C=O) groups excluding carboxylic acids is 1. The van der Waals surface area contributed by atoms with E-state index in [1.807, 2.05) is 11.8 Å². The van der Waals surface area contributed by atoms with E-state index in [1.54, 1.807) is 0 Å². The van der Waals surface area contributed by atoms with Gasteiger partial charge < -0.3 is 10.2 Å². The first-order valence-corrected chi connectivity index (χ1v) is 10.1. The minimum absolute atomic E-state index is 0.108. The van der Waals surface area contributed by atoms with Crippen LogP contribution in [0.1, 0.15) is 19.8 Å². The van der Waals surface area contributed by atoms with Crippen molar-refractivity contribution in [2.75, 3.05) is 32.7 Å². The molecule has 6 nitrogen and oxygen atoms in total. The number of sulfonamides is 1. The summed E-state index contributed by atoms with van der Waals surface area (Å²) in [5, 5.41) is 3.26. The third-order valence-electron chi connectivity index (χ3n) is 5.04. The van der Waals surface area contributed by atoms with Crippen LogP contribution in [0.4, 0.5) is 4.39 Å². The molecule has 0 aliphatic carbocycles. The van der Waals surface area contributed by atoms with E-state index >= 15 is 0 Å². The molecule has 0 bridgehead atoms. The topological polar surface area (TPSA) is 69.7 Å². The number of nitrogens with one attached hydrogen (secondary N) is 1. The highest BCUT2D eigenvalue weighted by molar-refractivity contribution is 7.89. The van der Waals surface area contributed by atoms with Crippen molar-refractivity contribution >= 4 is 15.9 Å². The Hall–Kier alpha value is -1.51. The lowest BCUT2D eigenvalue weighted by Gasteiger charge is -2.38. The van der Waals surface area contributed by atoms with Gasteiger partial charge in [0.25, 0.3) is 0 Å². The zero-order valence-electron chi connectivity index (χ0n) is 14.3. The molecule has 138 valence electrons. The number of amides is 1. The van der Waals surface area contributed by atoms with Crippen molar-refractivity contribution in [1.29, 1.82) is 0 Å². The SMILES string of the molecule is C[C@@H]1CNCCN1C(=O)C1CCN(S(=O)(=O)c2ccccc2F)CC1. The van der Waals surface area contributed by atoms with Crippen molar-refractivity contribution in [3.8, 4) is 0 Å². The number of halogens is 1. The summed E-state index contributed by atoms with van der Waals surface area (Å²) in [6, 6.07) is 5.56. The Morgan fingerprint density at radius 3 is 2.52 bits per heavy atom. The Morgan fingerprint density at radius 2 is 1.88 bits per heavy atom. The zero-order chi connectivity index (χ0) is 18.0. The fraction of sp³-hybridized carbons (Fsp3) is 0.588. The van der Waals surface area contributed by atoms with E-state index < -0.39 is 15.8 Å². The van der Waals surface area contributed by atoms with Crippen LogP contribution in [0, 0.1) is 11.7 Å². The predicted molar refractivity (Wildman–Crippen MR) is 91.9 cm³/mol. The van der Waals surface area contributed by atoms with E-state index in [9.17, 15) is 17.6 Å². The van der Waals surface area contributed by atoms with E-state index in [1.165, 1.54) is 22.5 Å². The second-order valence-electron chi connectivity index (χ2n) is 6.69. The molecule has 0 saturated carbocycles. The number of hydrogen-bond acceptors (Lipinski definition) is 4. The first-order chi connectivity index (χ1) is 11.9. The van der Waals surface area contributed by atoms with Crippen LogP contribution in [0.5, 0.6) is 0 Å². The van der Waals surface area contributed by atoms with Gasteiger partial charge in [-0.25, -0.2) is 12.8 Å². The second kappa shape index (κ2) is 7.39. The molecule has 8 heteroatoms. The quantitative estimate of drug-likeness (QED) is 0.865. The monoisotopic (exact) mass is 369 g/mol. The number of piperazine rings is 1. The van der Waals surface area contributed by atoms with Crippen LogP contribution in [0.15, 0.2) is 29.2 Å². The van der Waals surface area contributed by atoms with Crippen LogP contribution in [-0.4, -0.2) is 62.3 Å². The molecular weight excluding hydrogens is 345 g/mol. The summed E-state index contributed by atoms with van der Waals surface area (Å²) in [4.78, 5) is 14.3. The maximum atomic E-state index is 13.9. The third kappa shape index (κ3) is 3.70. The van der Waals surface area contributed by atoms with Crippen molar-refractivity contribution < 1.29 is 17.6 Å². The van der Waals surface area contributed by atoms with Crippen LogP contribution in [0.2, 0.25) is 0 Å². The molecule has 2 fully saturated rings. The molecular formula is C17H24FN3O3S. The Bertz CT molecular complexity index is 732. The number of carbonyl (C=O) groups is 1. The van der Waals surface area contributed by atoms with Gasteiger partial charge in [0.05, 0.1) is 0 Å². The molecule has 1 N–H and O–H groups in total. The van der Waals surface area contributed by atoms with Crippen LogP contribution < -0.4 is 5.32 Å². The summed E-state index contributed by atoms with van der Waals surface area (Å²) in [5.74, 6) is -0.792. The maximum Gasteiger partial charge on any atom is 0.245 e. The summed E-state index contributed by atoms with van der Waals surface area (Å²) in [6.45, 7) is 4.76. The van der Waals surface area contributed by atoms with E-state index in [4.69, 9.17) is 0 Å². The molecule has 2 saturated heterocycles. The summed E-state index contributed by atoms with van der Waals surface area (Å²) in [7, 11) is -3.85. The predicted octanol–water partition coefficient (Wildman–Crippen LogP) is 1.05. The number of piperidine rings is 1. The van der Waals surface area contributed by atoms with Gasteiger partial charge in [-0.3, -0.25) is 4.79 Å². The lowest BCUT2D eigenvalue weighted by molar-refractivity contribution is -0.139. The minimum Gasteiger partial charge on any atom is -0.337 e. The van der Waals surface area contributed by atoms with Crippen LogP contribution >= 0.6 is 0 Å². The number of rotatable bonds is 3.